The first kappa shape index (κ1) is 31.2. The van der Waals surface area contributed by atoms with Gasteiger partial charge in [-0.25, -0.2) is 0 Å². The molecule has 0 spiro atoms. The van der Waals surface area contributed by atoms with Gasteiger partial charge >= 0.3 is 0 Å². The maximum atomic E-state index is 6.80. The van der Waals surface area contributed by atoms with Crippen LogP contribution in [0.2, 0.25) is 0 Å². The molecule has 2 nitrogen and oxygen atoms in total. The zero-order valence-corrected chi connectivity index (χ0v) is 29.9. The van der Waals surface area contributed by atoms with E-state index in [4.69, 9.17) is 9.47 Å². The quantitative estimate of drug-likeness (QED) is 0.191. The highest BCUT2D eigenvalue weighted by atomic mass is 16.5. The Morgan fingerprint density at radius 3 is 1.43 bits per heavy atom. The van der Waals surface area contributed by atoms with E-state index in [0.29, 0.717) is 0 Å². The summed E-state index contributed by atoms with van der Waals surface area (Å²) in [6.45, 7) is 18.3. The van der Waals surface area contributed by atoms with E-state index < -0.39 is 0 Å². The van der Waals surface area contributed by atoms with Gasteiger partial charge < -0.3 is 9.47 Å². The molecule has 0 unspecified atom stereocenters. The summed E-state index contributed by atoms with van der Waals surface area (Å²) in [5.41, 5.74) is 16.9. The summed E-state index contributed by atoms with van der Waals surface area (Å²) in [5.74, 6) is 3.81. The van der Waals surface area contributed by atoms with Crippen molar-refractivity contribution in [3.63, 3.8) is 0 Å². The molecule has 0 bridgehead atoms. The van der Waals surface area contributed by atoms with Gasteiger partial charge in [0.05, 0.1) is 0 Å². The van der Waals surface area contributed by atoms with E-state index in [1.165, 1.54) is 66.8 Å². The van der Waals surface area contributed by atoms with Gasteiger partial charge in [-0.2, -0.15) is 0 Å². The van der Waals surface area contributed by atoms with Crippen LogP contribution >= 0.6 is 0 Å². The first-order valence-electron chi connectivity index (χ1n) is 17.6. The third kappa shape index (κ3) is 4.61. The Labute approximate surface area is 291 Å². The van der Waals surface area contributed by atoms with E-state index in [1.54, 1.807) is 0 Å². The number of hydrogen-bond donors (Lipinski definition) is 0. The smallest absolute Gasteiger partial charge is 0.139 e. The number of para-hydroxylation sites is 4. The molecule has 0 atom stereocenters. The first-order valence-corrected chi connectivity index (χ1v) is 17.6. The summed E-state index contributed by atoms with van der Waals surface area (Å²) in [7, 11) is 0. The molecule has 0 fully saturated rings. The minimum absolute atomic E-state index is 0.174. The van der Waals surface area contributed by atoms with Crippen LogP contribution < -0.4 is 9.47 Å². The lowest BCUT2D eigenvalue weighted by atomic mass is 9.74. The highest BCUT2D eigenvalue weighted by Gasteiger charge is 2.37. The lowest BCUT2D eigenvalue weighted by Gasteiger charge is -2.36. The summed E-state index contributed by atoms with van der Waals surface area (Å²) in [6, 6.07) is 39.5. The van der Waals surface area contributed by atoms with Gasteiger partial charge in [0.1, 0.15) is 23.0 Å². The molecule has 0 aromatic heterocycles. The van der Waals surface area contributed by atoms with Gasteiger partial charge in [-0.1, -0.05) is 132 Å². The molecule has 244 valence electrons. The number of ether oxygens (including phenoxy) is 2. The van der Waals surface area contributed by atoms with Crippen molar-refractivity contribution in [2.75, 3.05) is 0 Å². The molecule has 2 aliphatic rings. The van der Waals surface area contributed by atoms with Crippen molar-refractivity contribution in [3.8, 4) is 56.4 Å². The van der Waals surface area contributed by atoms with Crippen LogP contribution in [0.1, 0.15) is 79.1 Å². The van der Waals surface area contributed by atoms with Crippen LogP contribution in [0.15, 0.2) is 109 Å². The van der Waals surface area contributed by atoms with Crippen molar-refractivity contribution in [3.05, 3.63) is 154 Å². The molecule has 6 aromatic rings. The van der Waals surface area contributed by atoms with Gasteiger partial charge in [0.25, 0.3) is 0 Å². The van der Waals surface area contributed by atoms with Crippen LogP contribution in [0.3, 0.4) is 0 Å². The van der Waals surface area contributed by atoms with Gasteiger partial charge in [0.2, 0.25) is 0 Å². The minimum Gasteiger partial charge on any atom is -0.456 e. The van der Waals surface area contributed by atoms with E-state index in [0.717, 1.165) is 40.5 Å². The Hall–Kier alpha value is -5.08. The van der Waals surface area contributed by atoms with Crippen LogP contribution in [0.25, 0.3) is 33.4 Å². The summed E-state index contributed by atoms with van der Waals surface area (Å²) < 4.78 is 13.6. The average Bonchev–Trinajstić information content (AvgIpc) is 3.09. The summed E-state index contributed by atoms with van der Waals surface area (Å²) >= 11 is 0. The molecule has 0 amide bonds. The largest absolute Gasteiger partial charge is 0.456 e. The first-order chi connectivity index (χ1) is 23.5. The van der Waals surface area contributed by atoms with E-state index in [-0.39, 0.29) is 10.8 Å². The van der Waals surface area contributed by atoms with Gasteiger partial charge in [0.15, 0.2) is 0 Å². The maximum Gasteiger partial charge on any atom is 0.139 e. The second kappa shape index (κ2) is 11.2. The normalized spacial score (nSPS) is 14.9. The number of fused-ring (bicyclic) bond motifs is 4. The maximum absolute atomic E-state index is 6.80. The van der Waals surface area contributed by atoms with Crippen molar-refractivity contribution in [2.24, 2.45) is 0 Å². The lowest BCUT2D eigenvalue weighted by Crippen LogP contribution is -2.24. The molecule has 6 aromatic carbocycles. The average molecular weight is 641 g/mol. The molecule has 49 heavy (non-hydrogen) atoms. The van der Waals surface area contributed by atoms with Gasteiger partial charge in [0, 0.05) is 44.2 Å². The number of rotatable bonds is 4. The Balaban J connectivity index is 1.31. The molecule has 0 saturated carbocycles. The fraction of sp³-hybridized carbons (Fsp3) is 0.234. The van der Waals surface area contributed by atoms with Crippen LogP contribution in [-0.4, -0.2) is 0 Å². The molecule has 0 radical (unpaired) electrons. The van der Waals surface area contributed by atoms with Crippen LogP contribution in [0.5, 0.6) is 23.0 Å². The molecule has 2 heterocycles. The van der Waals surface area contributed by atoms with Gasteiger partial charge in [-0.3, -0.25) is 0 Å². The fourth-order valence-corrected chi connectivity index (χ4v) is 8.61. The molecular weight excluding hydrogens is 597 g/mol. The minimum atomic E-state index is -0.174. The zero-order chi connectivity index (χ0) is 34.2. The third-order valence-electron chi connectivity index (χ3n) is 11.4. The van der Waals surface area contributed by atoms with Crippen molar-refractivity contribution < 1.29 is 9.47 Å². The van der Waals surface area contributed by atoms with Crippen molar-refractivity contribution in [1.29, 1.82) is 0 Å². The molecule has 2 aliphatic heterocycles. The number of hydrogen-bond acceptors (Lipinski definition) is 2. The lowest BCUT2D eigenvalue weighted by molar-refractivity contribution is 0.419. The monoisotopic (exact) mass is 640 g/mol. The molecular formula is C47H44O2. The highest BCUT2D eigenvalue weighted by molar-refractivity contribution is 5.90. The van der Waals surface area contributed by atoms with E-state index in [2.05, 4.69) is 165 Å². The number of aryl methyl sites for hydroxylation is 2. The van der Waals surface area contributed by atoms with Crippen molar-refractivity contribution in [1.82, 2.24) is 0 Å². The second-order valence-corrected chi connectivity index (χ2v) is 14.9. The third-order valence-corrected chi connectivity index (χ3v) is 11.4. The highest BCUT2D eigenvalue weighted by Crippen LogP contribution is 2.54. The molecule has 0 aliphatic carbocycles. The molecule has 2 heteroatoms. The summed E-state index contributed by atoms with van der Waals surface area (Å²) in [6.07, 6.45) is 0.934. The van der Waals surface area contributed by atoms with E-state index in [1.807, 2.05) is 0 Å². The Bertz CT molecular complexity index is 2300. The topological polar surface area (TPSA) is 18.5 Å². The predicted molar refractivity (Wildman–Crippen MR) is 204 cm³/mol. The summed E-state index contributed by atoms with van der Waals surface area (Å²) in [4.78, 5) is 0. The van der Waals surface area contributed by atoms with E-state index >= 15 is 0 Å². The van der Waals surface area contributed by atoms with Gasteiger partial charge in [-0.05, 0) is 83.8 Å². The SMILES string of the molecule is CCc1ccc(-c2ccc(C)c(-c3cccc4c3Oc3ccccc3C4(C)C)c2C)c(C)c1-c1cccc2c1Oc1ccccc1C2(C)C. The van der Waals surface area contributed by atoms with Crippen LogP contribution in [-0.2, 0) is 17.3 Å². The van der Waals surface area contributed by atoms with Crippen molar-refractivity contribution in [2.45, 2.75) is 72.6 Å². The molecule has 8 rings (SSSR count). The Kier molecular flexibility index (Phi) is 7.16. The zero-order valence-electron chi connectivity index (χ0n) is 29.9. The molecule has 0 N–H and O–H groups in total. The Morgan fingerprint density at radius 2 is 0.898 bits per heavy atom. The van der Waals surface area contributed by atoms with E-state index in [9.17, 15) is 0 Å². The van der Waals surface area contributed by atoms with Crippen LogP contribution in [0.4, 0.5) is 0 Å². The van der Waals surface area contributed by atoms with Gasteiger partial charge in [-0.15, -0.1) is 0 Å². The Morgan fingerprint density at radius 1 is 0.449 bits per heavy atom. The predicted octanol–water partition coefficient (Wildman–Crippen LogP) is 13.0. The fourth-order valence-electron chi connectivity index (χ4n) is 8.61. The molecule has 0 saturated heterocycles. The number of benzene rings is 6. The standard InChI is InChI=1S/C47H44O2/c1-9-31-25-27-33(30(4)43(31)35-17-15-21-39-45(35)49-41-23-13-11-19-37(41)47(39,7)8)32-26-24-28(2)42(29(32)3)34-16-14-20-38-44(34)48-40-22-12-10-18-36(40)46(38,5)6/h10-27H,9H2,1-8H3. The van der Waals surface area contributed by atoms with Crippen LogP contribution in [0, 0.1) is 20.8 Å². The van der Waals surface area contributed by atoms with Crippen molar-refractivity contribution >= 4 is 0 Å². The summed E-state index contributed by atoms with van der Waals surface area (Å²) in [5, 5.41) is 0. The second-order valence-electron chi connectivity index (χ2n) is 14.9.